The number of aromatic amines is 1. The van der Waals surface area contributed by atoms with Crippen LogP contribution in [-0.2, 0) is 4.79 Å². The highest BCUT2D eigenvalue weighted by Crippen LogP contribution is 2.28. The van der Waals surface area contributed by atoms with E-state index in [1.54, 1.807) is 24.3 Å². The lowest BCUT2D eigenvalue weighted by molar-refractivity contribution is -0.118. The number of ether oxygens (including phenoxy) is 1. The first-order valence-electron chi connectivity index (χ1n) is 9.03. The molecular formula is C22H16Cl3N3O2. The standard InChI is InChI=1S/C22H16Cl3N3O2/c1-12-7-18-19(10-16(12)24)28-22(27-18)13-3-2-4-15(8-13)26-21(29)11-30-20-6-5-14(23)9-17(20)25/h2-10H,11H2,1H3,(H,26,29)(H,27,28). The normalized spacial score (nSPS) is 10.9. The third-order valence-corrected chi connectivity index (χ3v) is 5.37. The second-order valence-corrected chi connectivity index (χ2v) is 7.95. The maximum atomic E-state index is 12.3. The molecule has 0 fully saturated rings. The van der Waals surface area contributed by atoms with E-state index in [1.165, 1.54) is 0 Å². The average Bonchev–Trinajstić information content (AvgIpc) is 3.10. The topological polar surface area (TPSA) is 67.0 Å². The fraction of sp³-hybridized carbons (Fsp3) is 0.0909. The van der Waals surface area contributed by atoms with Gasteiger partial charge in [-0.15, -0.1) is 0 Å². The molecule has 1 aromatic heterocycles. The fourth-order valence-electron chi connectivity index (χ4n) is 2.95. The summed E-state index contributed by atoms with van der Waals surface area (Å²) in [5.41, 5.74) is 4.11. The molecular weight excluding hydrogens is 445 g/mol. The van der Waals surface area contributed by atoms with Crippen molar-refractivity contribution >= 4 is 57.4 Å². The number of hydrogen-bond donors (Lipinski definition) is 2. The Kier molecular flexibility index (Phi) is 5.86. The molecule has 0 saturated carbocycles. The van der Waals surface area contributed by atoms with Gasteiger partial charge in [-0.05, 0) is 55.0 Å². The molecule has 0 unspecified atom stereocenters. The Morgan fingerprint density at radius 3 is 2.70 bits per heavy atom. The molecule has 3 aromatic carbocycles. The van der Waals surface area contributed by atoms with Gasteiger partial charge in [0.1, 0.15) is 11.6 Å². The minimum atomic E-state index is -0.315. The number of H-pyrrole nitrogens is 1. The van der Waals surface area contributed by atoms with Crippen LogP contribution in [0.2, 0.25) is 15.1 Å². The summed E-state index contributed by atoms with van der Waals surface area (Å²) in [5, 5.41) is 4.32. The first-order chi connectivity index (χ1) is 14.4. The Balaban J connectivity index is 1.47. The number of aromatic nitrogens is 2. The lowest BCUT2D eigenvalue weighted by Gasteiger charge is -2.09. The summed E-state index contributed by atoms with van der Waals surface area (Å²) in [5.74, 6) is 0.762. The second kappa shape index (κ2) is 8.56. The number of benzene rings is 3. The van der Waals surface area contributed by atoms with E-state index in [2.05, 4.69) is 15.3 Å². The van der Waals surface area contributed by atoms with Crippen molar-refractivity contribution < 1.29 is 9.53 Å². The van der Waals surface area contributed by atoms with Gasteiger partial charge in [-0.3, -0.25) is 4.79 Å². The highest BCUT2D eigenvalue weighted by Gasteiger charge is 2.10. The number of nitrogens with zero attached hydrogens (tertiary/aromatic N) is 1. The summed E-state index contributed by atoms with van der Waals surface area (Å²) in [4.78, 5) is 20.2. The zero-order chi connectivity index (χ0) is 21.3. The summed E-state index contributed by atoms with van der Waals surface area (Å²) in [6.07, 6.45) is 0. The molecule has 0 aliphatic rings. The molecule has 30 heavy (non-hydrogen) atoms. The van der Waals surface area contributed by atoms with Gasteiger partial charge in [-0.1, -0.05) is 46.9 Å². The van der Waals surface area contributed by atoms with Gasteiger partial charge in [0.2, 0.25) is 0 Å². The lowest BCUT2D eigenvalue weighted by atomic mass is 10.2. The molecule has 5 nitrogen and oxygen atoms in total. The number of halogens is 3. The van der Waals surface area contributed by atoms with Crippen molar-refractivity contribution in [2.75, 3.05) is 11.9 Å². The lowest BCUT2D eigenvalue weighted by Crippen LogP contribution is -2.20. The number of amides is 1. The first-order valence-corrected chi connectivity index (χ1v) is 10.2. The summed E-state index contributed by atoms with van der Waals surface area (Å²) in [7, 11) is 0. The van der Waals surface area contributed by atoms with Crippen LogP contribution >= 0.6 is 34.8 Å². The SMILES string of the molecule is Cc1cc2[nH]c(-c3cccc(NC(=O)COc4ccc(Cl)cc4Cl)c3)nc2cc1Cl. The Bertz CT molecular complexity index is 1210. The first kappa shape index (κ1) is 20.5. The van der Waals surface area contributed by atoms with E-state index in [9.17, 15) is 4.79 Å². The monoisotopic (exact) mass is 459 g/mol. The van der Waals surface area contributed by atoms with Gasteiger partial charge in [0, 0.05) is 21.3 Å². The Morgan fingerprint density at radius 1 is 1.07 bits per heavy atom. The molecule has 0 bridgehead atoms. The van der Waals surface area contributed by atoms with Gasteiger partial charge in [0.25, 0.3) is 5.91 Å². The van der Waals surface area contributed by atoms with Crippen LogP contribution in [0.25, 0.3) is 22.4 Å². The van der Waals surface area contributed by atoms with Crippen LogP contribution in [0, 0.1) is 6.92 Å². The minimum Gasteiger partial charge on any atom is -0.482 e. The van der Waals surface area contributed by atoms with E-state index in [0.717, 1.165) is 22.2 Å². The molecule has 2 N–H and O–H groups in total. The van der Waals surface area contributed by atoms with Crippen LogP contribution in [0.5, 0.6) is 5.75 Å². The van der Waals surface area contributed by atoms with Gasteiger partial charge < -0.3 is 15.0 Å². The predicted octanol–water partition coefficient (Wildman–Crippen LogP) is 6.52. The van der Waals surface area contributed by atoms with Gasteiger partial charge >= 0.3 is 0 Å². The number of imidazole rings is 1. The zero-order valence-electron chi connectivity index (χ0n) is 15.8. The van der Waals surface area contributed by atoms with E-state index in [4.69, 9.17) is 39.5 Å². The number of nitrogens with one attached hydrogen (secondary N) is 2. The van der Waals surface area contributed by atoms with Crippen LogP contribution < -0.4 is 10.1 Å². The van der Waals surface area contributed by atoms with Crippen molar-refractivity contribution in [2.45, 2.75) is 6.92 Å². The van der Waals surface area contributed by atoms with Crippen molar-refractivity contribution in [3.8, 4) is 17.1 Å². The molecule has 0 aliphatic carbocycles. The Hall–Kier alpha value is -2.73. The number of fused-ring (bicyclic) bond motifs is 1. The van der Waals surface area contributed by atoms with E-state index >= 15 is 0 Å². The molecule has 152 valence electrons. The number of carbonyl (C=O) groups is 1. The van der Waals surface area contributed by atoms with E-state index in [-0.39, 0.29) is 12.5 Å². The number of carbonyl (C=O) groups excluding carboxylic acids is 1. The molecule has 0 spiro atoms. The van der Waals surface area contributed by atoms with Gasteiger partial charge in [-0.2, -0.15) is 0 Å². The number of hydrogen-bond acceptors (Lipinski definition) is 3. The van der Waals surface area contributed by atoms with E-state index < -0.39 is 0 Å². The third-order valence-electron chi connectivity index (χ3n) is 4.43. The summed E-state index contributed by atoms with van der Waals surface area (Å²) in [6, 6.07) is 16.0. The van der Waals surface area contributed by atoms with Gasteiger partial charge in [0.05, 0.1) is 16.1 Å². The summed E-state index contributed by atoms with van der Waals surface area (Å²) >= 11 is 18.1. The highest BCUT2D eigenvalue weighted by atomic mass is 35.5. The van der Waals surface area contributed by atoms with Crippen molar-refractivity contribution in [3.63, 3.8) is 0 Å². The van der Waals surface area contributed by atoms with Crippen molar-refractivity contribution in [3.05, 3.63) is 75.2 Å². The summed E-state index contributed by atoms with van der Waals surface area (Å²) < 4.78 is 5.47. The fourth-order valence-corrected chi connectivity index (χ4v) is 3.57. The van der Waals surface area contributed by atoms with Crippen LogP contribution in [0.3, 0.4) is 0 Å². The van der Waals surface area contributed by atoms with Crippen LogP contribution in [0.1, 0.15) is 5.56 Å². The Morgan fingerprint density at radius 2 is 1.90 bits per heavy atom. The van der Waals surface area contributed by atoms with Crippen LogP contribution in [0.15, 0.2) is 54.6 Å². The maximum Gasteiger partial charge on any atom is 0.262 e. The predicted molar refractivity (Wildman–Crippen MR) is 122 cm³/mol. The molecule has 0 saturated heterocycles. The number of anilines is 1. The highest BCUT2D eigenvalue weighted by molar-refractivity contribution is 6.35. The molecule has 1 heterocycles. The number of rotatable bonds is 5. The zero-order valence-corrected chi connectivity index (χ0v) is 18.1. The molecule has 1 amide bonds. The summed E-state index contributed by atoms with van der Waals surface area (Å²) in [6.45, 7) is 1.76. The van der Waals surface area contributed by atoms with Crippen molar-refractivity contribution in [1.82, 2.24) is 9.97 Å². The van der Waals surface area contributed by atoms with Crippen molar-refractivity contribution in [2.24, 2.45) is 0 Å². The maximum absolute atomic E-state index is 12.3. The molecule has 8 heteroatoms. The molecule has 0 radical (unpaired) electrons. The van der Waals surface area contributed by atoms with Crippen LogP contribution in [0.4, 0.5) is 5.69 Å². The Labute approximate surface area is 187 Å². The quantitative estimate of drug-likeness (QED) is 0.356. The van der Waals surface area contributed by atoms with Crippen LogP contribution in [-0.4, -0.2) is 22.5 Å². The largest absolute Gasteiger partial charge is 0.482 e. The molecule has 0 aliphatic heterocycles. The van der Waals surface area contributed by atoms with E-state index in [0.29, 0.717) is 32.3 Å². The second-order valence-electron chi connectivity index (χ2n) is 6.70. The number of aryl methyl sites for hydroxylation is 1. The average molecular weight is 461 g/mol. The molecule has 0 atom stereocenters. The van der Waals surface area contributed by atoms with Crippen molar-refractivity contribution in [1.29, 1.82) is 0 Å². The smallest absolute Gasteiger partial charge is 0.262 e. The van der Waals surface area contributed by atoms with Gasteiger partial charge in [-0.25, -0.2) is 4.98 Å². The third kappa shape index (κ3) is 4.54. The van der Waals surface area contributed by atoms with E-state index in [1.807, 2.05) is 37.3 Å². The van der Waals surface area contributed by atoms with Gasteiger partial charge in [0.15, 0.2) is 6.61 Å². The minimum absolute atomic E-state index is 0.187. The molecule has 4 rings (SSSR count). The molecule has 4 aromatic rings.